The average molecular weight is 435 g/mol. The lowest BCUT2D eigenvalue weighted by molar-refractivity contribution is -0.114. The van der Waals surface area contributed by atoms with Gasteiger partial charge in [0.25, 0.3) is 5.91 Å². The lowest BCUT2D eigenvalue weighted by Gasteiger charge is -2.09. The number of nitrogens with zero attached hydrogens (tertiary/aromatic N) is 3. The van der Waals surface area contributed by atoms with Crippen LogP contribution in [0.15, 0.2) is 60.0 Å². The number of carbonyl (C=O) groups excluding carboxylic acids is 2. The van der Waals surface area contributed by atoms with Crippen LogP contribution >= 0.6 is 11.3 Å². The molecule has 156 valence electrons. The Hall–Kier alpha value is -3.85. The number of amides is 2. The minimum Gasteiger partial charge on any atom is -0.326 e. The van der Waals surface area contributed by atoms with Crippen molar-refractivity contribution in [1.29, 1.82) is 0 Å². The molecule has 2 N–H and O–H groups in total. The van der Waals surface area contributed by atoms with Crippen molar-refractivity contribution in [2.45, 2.75) is 13.8 Å². The second-order valence-corrected chi connectivity index (χ2v) is 7.74. The highest BCUT2D eigenvalue weighted by Gasteiger charge is 2.20. The summed E-state index contributed by atoms with van der Waals surface area (Å²) in [5.41, 5.74) is 2.55. The third kappa shape index (κ3) is 4.51. The summed E-state index contributed by atoms with van der Waals surface area (Å²) >= 11 is 1.46. The van der Waals surface area contributed by atoms with Crippen LogP contribution in [0.2, 0.25) is 0 Å². The van der Waals surface area contributed by atoms with Crippen LogP contribution < -0.4 is 10.6 Å². The third-order valence-electron chi connectivity index (χ3n) is 4.43. The normalized spacial score (nSPS) is 10.7. The summed E-state index contributed by atoms with van der Waals surface area (Å²) < 4.78 is 14.9. The molecule has 31 heavy (non-hydrogen) atoms. The van der Waals surface area contributed by atoms with Gasteiger partial charge in [-0.15, -0.1) is 16.4 Å². The van der Waals surface area contributed by atoms with Crippen molar-refractivity contribution in [1.82, 2.24) is 14.8 Å². The first kappa shape index (κ1) is 20.4. The van der Waals surface area contributed by atoms with Crippen LogP contribution in [0, 0.1) is 12.7 Å². The number of hydrogen-bond donors (Lipinski definition) is 2. The Morgan fingerprint density at radius 3 is 2.52 bits per heavy atom. The first-order valence-electron chi connectivity index (χ1n) is 9.37. The molecule has 0 spiro atoms. The number of aryl methyl sites for hydroxylation is 1. The van der Waals surface area contributed by atoms with Crippen LogP contribution in [0.3, 0.4) is 0 Å². The Balaban J connectivity index is 1.67. The van der Waals surface area contributed by atoms with E-state index in [9.17, 15) is 14.0 Å². The summed E-state index contributed by atoms with van der Waals surface area (Å²) in [6.45, 7) is 3.28. The summed E-state index contributed by atoms with van der Waals surface area (Å²) in [4.78, 5) is 29.5. The van der Waals surface area contributed by atoms with Crippen molar-refractivity contribution in [3.05, 3.63) is 77.2 Å². The van der Waals surface area contributed by atoms with Crippen molar-refractivity contribution in [2.75, 3.05) is 10.6 Å². The number of hydrogen-bond acceptors (Lipinski definition) is 5. The summed E-state index contributed by atoms with van der Waals surface area (Å²) in [7, 11) is 0. The molecule has 7 nitrogen and oxygen atoms in total. The Bertz CT molecular complexity index is 1250. The van der Waals surface area contributed by atoms with Gasteiger partial charge in [0.1, 0.15) is 5.82 Å². The van der Waals surface area contributed by atoms with Gasteiger partial charge in [0.2, 0.25) is 11.7 Å². The molecular formula is C22H18FN5O2S. The van der Waals surface area contributed by atoms with Crippen molar-refractivity contribution < 1.29 is 14.0 Å². The molecule has 0 bridgehead atoms. The number of anilines is 2. The zero-order valence-corrected chi connectivity index (χ0v) is 17.5. The van der Waals surface area contributed by atoms with Gasteiger partial charge >= 0.3 is 0 Å². The first-order valence-corrected chi connectivity index (χ1v) is 10.2. The number of benzene rings is 2. The van der Waals surface area contributed by atoms with Gasteiger partial charge in [-0.25, -0.2) is 14.1 Å². The molecule has 4 aromatic rings. The maximum Gasteiger partial charge on any atom is 0.295 e. The lowest BCUT2D eigenvalue weighted by atomic mass is 10.1. The molecule has 0 radical (unpaired) electrons. The number of carbonyl (C=O) groups is 2. The van der Waals surface area contributed by atoms with E-state index in [4.69, 9.17) is 0 Å². The molecule has 0 aliphatic rings. The summed E-state index contributed by atoms with van der Waals surface area (Å²) in [6.07, 6.45) is 0. The van der Waals surface area contributed by atoms with E-state index in [1.54, 1.807) is 30.3 Å². The zero-order chi connectivity index (χ0) is 22.0. The fourth-order valence-corrected chi connectivity index (χ4v) is 3.65. The second-order valence-electron chi connectivity index (χ2n) is 6.79. The summed E-state index contributed by atoms with van der Waals surface area (Å²) in [6, 6.07) is 14.7. The van der Waals surface area contributed by atoms with Crippen molar-refractivity contribution in [2.24, 2.45) is 0 Å². The van der Waals surface area contributed by atoms with Gasteiger partial charge in [0.15, 0.2) is 5.82 Å². The molecule has 2 heterocycles. The highest BCUT2D eigenvalue weighted by molar-refractivity contribution is 7.13. The molecular weight excluding hydrogens is 417 g/mol. The number of rotatable bonds is 5. The number of thiophene rings is 1. The Labute approximate surface area is 181 Å². The highest BCUT2D eigenvalue weighted by Crippen LogP contribution is 2.26. The van der Waals surface area contributed by atoms with Crippen molar-refractivity contribution in [3.63, 3.8) is 0 Å². The van der Waals surface area contributed by atoms with E-state index in [1.807, 2.05) is 24.4 Å². The molecule has 0 saturated carbocycles. The minimum absolute atomic E-state index is 0.0330. The fraction of sp³-hybridized carbons (Fsp3) is 0.0909. The van der Waals surface area contributed by atoms with Crippen LogP contribution in [0.4, 0.5) is 15.8 Å². The van der Waals surface area contributed by atoms with E-state index in [-0.39, 0.29) is 17.5 Å². The van der Waals surface area contributed by atoms with Gasteiger partial charge in [-0.2, -0.15) is 0 Å². The molecule has 4 rings (SSSR count). The molecule has 0 aliphatic carbocycles. The molecule has 2 aromatic heterocycles. The predicted molar refractivity (Wildman–Crippen MR) is 118 cm³/mol. The number of nitrogens with one attached hydrogen (secondary N) is 2. The summed E-state index contributed by atoms with van der Waals surface area (Å²) in [5, 5.41) is 11.7. The topological polar surface area (TPSA) is 88.9 Å². The van der Waals surface area contributed by atoms with E-state index in [2.05, 4.69) is 20.7 Å². The van der Waals surface area contributed by atoms with Gasteiger partial charge in [-0.05, 0) is 60.3 Å². The van der Waals surface area contributed by atoms with Crippen LogP contribution in [0.1, 0.15) is 23.1 Å². The first-order chi connectivity index (χ1) is 14.9. The van der Waals surface area contributed by atoms with Gasteiger partial charge in [-0.3, -0.25) is 9.59 Å². The maximum atomic E-state index is 13.4. The number of aromatic nitrogens is 3. The van der Waals surface area contributed by atoms with E-state index in [1.165, 1.54) is 35.1 Å². The fourth-order valence-electron chi connectivity index (χ4n) is 2.95. The standard InChI is InChI=1S/C22H18FN5O2S/c1-13-5-8-16(12-18(13)24-14(2)29)25-22(30)20-26-21(19-4-3-11-31-19)28(27-20)17-9-6-15(23)7-10-17/h3-12H,1-2H3,(H,24,29)(H,25,30). The molecule has 0 saturated heterocycles. The minimum atomic E-state index is -0.503. The van der Waals surface area contributed by atoms with Gasteiger partial charge in [0, 0.05) is 18.3 Å². The van der Waals surface area contributed by atoms with Crippen LogP contribution in [-0.4, -0.2) is 26.6 Å². The van der Waals surface area contributed by atoms with E-state index in [0.717, 1.165) is 10.4 Å². The van der Waals surface area contributed by atoms with Crippen LogP contribution in [0.25, 0.3) is 16.4 Å². The quantitative estimate of drug-likeness (QED) is 0.477. The Morgan fingerprint density at radius 1 is 1.06 bits per heavy atom. The molecule has 0 atom stereocenters. The maximum absolute atomic E-state index is 13.4. The Morgan fingerprint density at radius 2 is 1.84 bits per heavy atom. The molecule has 0 fully saturated rings. The lowest BCUT2D eigenvalue weighted by Crippen LogP contribution is -2.15. The predicted octanol–water partition coefficient (Wildman–Crippen LogP) is 4.65. The monoisotopic (exact) mass is 435 g/mol. The number of halogens is 1. The molecule has 2 aromatic carbocycles. The smallest absolute Gasteiger partial charge is 0.295 e. The third-order valence-corrected chi connectivity index (χ3v) is 5.29. The highest BCUT2D eigenvalue weighted by atomic mass is 32.1. The molecule has 0 aliphatic heterocycles. The molecule has 0 unspecified atom stereocenters. The van der Waals surface area contributed by atoms with Crippen LogP contribution in [0.5, 0.6) is 0 Å². The van der Waals surface area contributed by atoms with E-state index < -0.39 is 5.91 Å². The second kappa shape index (κ2) is 8.49. The largest absolute Gasteiger partial charge is 0.326 e. The summed E-state index contributed by atoms with van der Waals surface area (Å²) in [5.74, 6) is -0.624. The molecule has 2 amide bonds. The SMILES string of the molecule is CC(=O)Nc1cc(NC(=O)c2nc(-c3cccs3)n(-c3ccc(F)cc3)n2)ccc1C. The van der Waals surface area contributed by atoms with Crippen molar-refractivity contribution >= 4 is 34.5 Å². The van der Waals surface area contributed by atoms with Crippen LogP contribution in [-0.2, 0) is 4.79 Å². The molecule has 9 heteroatoms. The van der Waals surface area contributed by atoms with E-state index >= 15 is 0 Å². The Kier molecular flexibility index (Phi) is 5.59. The zero-order valence-electron chi connectivity index (χ0n) is 16.7. The van der Waals surface area contributed by atoms with Gasteiger partial charge < -0.3 is 10.6 Å². The van der Waals surface area contributed by atoms with Crippen molar-refractivity contribution in [3.8, 4) is 16.4 Å². The van der Waals surface area contributed by atoms with Gasteiger partial charge in [-0.1, -0.05) is 12.1 Å². The average Bonchev–Trinajstić information content (AvgIpc) is 3.40. The van der Waals surface area contributed by atoms with E-state index in [0.29, 0.717) is 22.9 Å². The van der Waals surface area contributed by atoms with Gasteiger partial charge in [0.05, 0.1) is 10.6 Å².